The van der Waals surface area contributed by atoms with Gasteiger partial charge in [-0.2, -0.15) is 0 Å². The number of benzene rings is 1. The zero-order chi connectivity index (χ0) is 12.3. The summed E-state index contributed by atoms with van der Waals surface area (Å²) >= 11 is 0. The van der Waals surface area contributed by atoms with Crippen LogP contribution < -0.4 is 5.32 Å². The minimum absolute atomic E-state index is 0.164. The number of aromatic nitrogens is 1. The highest BCUT2D eigenvalue weighted by molar-refractivity contribution is 5.36. The number of hydrogen-bond donors (Lipinski definition) is 1. The minimum Gasteiger partial charge on any atom is -0.308 e. The van der Waals surface area contributed by atoms with Crippen LogP contribution in [0.3, 0.4) is 0 Å². The summed E-state index contributed by atoms with van der Waals surface area (Å²) in [7, 11) is 1.98. The average molecular weight is 226 g/mol. The number of nitrogens with one attached hydrogen (secondary N) is 1. The molecule has 1 unspecified atom stereocenters. The summed E-state index contributed by atoms with van der Waals surface area (Å²) in [5, 5.41) is 3.35. The maximum Gasteiger partial charge on any atom is 0.0754 e. The molecule has 1 aromatic heterocycles. The first-order valence-corrected chi connectivity index (χ1v) is 5.88. The third kappa shape index (κ3) is 2.37. The first-order valence-electron chi connectivity index (χ1n) is 5.88. The van der Waals surface area contributed by atoms with Gasteiger partial charge in [0, 0.05) is 6.20 Å². The van der Waals surface area contributed by atoms with Gasteiger partial charge in [0.15, 0.2) is 0 Å². The first kappa shape index (κ1) is 11.8. The van der Waals surface area contributed by atoms with Gasteiger partial charge in [0.2, 0.25) is 0 Å². The fourth-order valence-electron chi connectivity index (χ4n) is 2.15. The normalized spacial score (nSPS) is 12.4. The van der Waals surface area contributed by atoms with Crippen molar-refractivity contribution in [3.8, 4) is 0 Å². The Morgan fingerprint density at radius 1 is 1.00 bits per heavy atom. The second kappa shape index (κ2) is 5.11. The maximum atomic E-state index is 4.50. The average Bonchev–Trinajstić information content (AvgIpc) is 2.34. The molecule has 1 N–H and O–H groups in total. The van der Waals surface area contributed by atoms with Crippen LogP contribution in [-0.2, 0) is 0 Å². The fraction of sp³-hybridized carbons (Fsp3) is 0.267. The van der Waals surface area contributed by atoms with Gasteiger partial charge in [0.25, 0.3) is 0 Å². The van der Waals surface area contributed by atoms with Gasteiger partial charge in [-0.25, -0.2) is 0 Å². The van der Waals surface area contributed by atoms with Gasteiger partial charge >= 0.3 is 0 Å². The van der Waals surface area contributed by atoms with E-state index in [0.29, 0.717) is 0 Å². The van der Waals surface area contributed by atoms with E-state index >= 15 is 0 Å². The number of nitrogens with zero attached hydrogens (tertiary/aromatic N) is 1. The molecule has 2 rings (SSSR count). The van der Waals surface area contributed by atoms with Crippen molar-refractivity contribution in [1.29, 1.82) is 0 Å². The van der Waals surface area contributed by atoms with Gasteiger partial charge in [-0.15, -0.1) is 0 Å². The lowest BCUT2D eigenvalue weighted by Crippen LogP contribution is -2.20. The Bertz CT molecular complexity index is 460. The Morgan fingerprint density at radius 3 is 2.35 bits per heavy atom. The Hall–Kier alpha value is -1.67. The van der Waals surface area contributed by atoms with Crippen LogP contribution in [0.15, 0.2) is 42.6 Å². The van der Waals surface area contributed by atoms with Crippen molar-refractivity contribution < 1.29 is 0 Å². The fourth-order valence-corrected chi connectivity index (χ4v) is 2.15. The van der Waals surface area contributed by atoms with Crippen LogP contribution in [-0.4, -0.2) is 12.0 Å². The van der Waals surface area contributed by atoms with E-state index in [1.165, 1.54) is 16.7 Å². The zero-order valence-electron chi connectivity index (χ0n) is 10.6. The zero-order valence-corrected chi connectivity index (χ0v) is 10.6. The summed E-state index contributed by atoms with van der Waals surface area (Å²) in [6, 6.07) is 12.7. The molecule has 0 saturated carbocycles. The van der Waals surface area contributed by atoms with E-state index in [-0.39, 0.29) is 6.04 Å². The third-order valence-electron chi connectivity index (χ3n) is 3.11. The summed E-state index contributed by atoms with van der Waals surface area (Å²) in [5.41, 5.74) is 4.90. The lowest BCUT2D eigenvalue weighted by molar-refractivity contribution is 0.662. The molecule has 88 valence electrons. The molecule has 0 bridgehead atoms. The quantitative estimate of drug-likeness (QED) is 0.870. The van der Waals surface area contributed by atoms with Crippen LogP contribution in [0.25, 0.3) is 0 Å². The largest absolute Gasteiger partial charge is 0.308 e. The van der Waals surface area contributed by atoms with Crippen molar-refractivity contribution in [2.24, 2.45) is 0 Å². The lowest BCUT2D eigenvalue weighted by atomic mass is 9.96. The van der Waals surface area contributed by atoms with Crippen molar-refractivity contribution in [2.45, 2.75) is 19.9 Å². The van der Waals surface area contributed by atoms with E-state index in [2.05, 4.69) is 54.5 Å². The van der Waals surface area contributed by atoms with E-state index in [1.54, 1.807) is 0 Å². The monoisotopic (exact) mass is 226 g/mol. The standard InChI is InChI=1S/C15H18N2/c1-11-7-4-5-9-13(11)15(16-3)14-12(2)8-6-10-17-14/h4-10,15-16H,1-3H3. The Balaban J connectivity index is 2.48. The molecule has 0 aliphatic carbocycles. The van der Waals surface area contributed by atoms with Crippen LogP contribution in [0, 0.1) is 13.8 Å². The van der Waals surface area contributed by atoms with Crippen molar-refractivity contribution in [1.82, 2.24) is 10.3 Å². The van der Waals surface area contributed by atoms with Crippen LogP contribution in [0.5, 0.6) is 0 Å². The molecule has 0 amide bonds. The van der Waals surface area contributed by atoms with Gasteiger partial charge in [-0.1, -0.05) is 30.3 Å². The molecule has 17 heavy (non-hydrogen) atoms. The highest BCUT2D eigenvalue weighted by atomic mass is 14.9. The molecule has 2 nitrogen and oxygen atoms in total. The molecular weight excluding hydrogens is 208 g/mol. The van der Waals surface area contributed by atoms with Crippen LogP contribution >= 0.6 is 0 Å². The number of pyridine rings is 1. The van der Waals surface area contributed by atoms with Gasteiger partial charge in [0.05, 0.1) is 11.7 Å². The topological polar surface area (TPSA) is 24.9 Å². The van der Waals surface area contributed by atoms with Crippen LogP contribution in [0.4, 0.5) is 0 Å². The Kier molecular flexibility index (Phi) is 3.55. The smallest absolute Gasteiger partial charge is 0.0754 e. The molecule has 1 aromatic carbocycles. The predicted molar refractivity (Wildman–Crippen MR) is 71.1 cm³/mol. The highest BCUT2D eigenvalue weighted by Crippen LogP contribution is 2.24. The van der Waals surface area contributed by atoms with Crippen molar-refractivity contribution in [3.63, 3.8) is 0 Å². The predicted octanol–water partition coefficient (Wildman–Crippen LogP) is 3.01. The Morgan fingerprint density at radius 2 is 1.71 bits per heavy atom. The molecule has 0 radical (unpaired) electrons. The maximum absolute atomic E-state index is 4.50. The second-order valence-corrected chi connectivity index (χ2v) is 4.28. The summed E-state index contributed by atoms with van der Waals surface area (Å²) in [6.07, 6.45) is 1.85. The molecule has 0 fully saturated rings. The van der Waals surface area contributed by atoms with E-state index in [9.17, 15) is 0 Å². The molecule has 1 heterocycles. The number of aryl methyl sites for hydroxylation is 2. The molecule has 0 aliphatic heterocycles. The number of rotatable bonds is 3. The molecule has 0 saturated heterocycles. The Labute approximate surface area is 103 Å². The molecule has 0 aliphatic rings. The van der Waals surface area contributed by atoms with Gasteiger partial charge < -0.3 is 5.32 Å². The molecule has 2 aromatic rings. The summed E-state index contributed by atoms with van der Waals surface area (Å²) in [4.78, 5) is 4.50. The van der Waals surface area contributed by atoms with Gasteiger partial charge in [-0.3, -0.25) is 4.98 Å². The first-order chi connectivity index (χ1) is 8.24. The van der Waals surface area contributed by atoms with Crippen LogP contribution in [0.1, 0.15) is 28.4 Å². The highest BCUT2D eigenvalue weighted by Gasteiger charge is 2.16. The molecular formula is C15H18N2. The van der Waals surface area contributed by atoms with Gasteiger partial charge in [-0.05, 0) is 43.7 Å². The third-order valence-corrected chi connectivity index (χ3v) is 3.11. The molecule has 1 atom stereocenters. The minimum atomic E-state index is 0.164. The molecule has 0 spiro atoms. The van der Waals surface area contributed by atoms with Crippen molar-refractivity contribution >= 4 is 0 Å². The number of hydrogen-bond acceptors (Lipinski definition) is 2. The lowest BCUT2D eigenvalue weighted by Gasteiger charge is -2.19. The van der Waals surface area contributed by atoms with E-state index in [0.717, 1.165) is 5.69 Å². The van der Waals surface area contributed by atoms with Crippen molar-refractivity contribution in [2.75, 3.05) is 7.05 Å². The summed E-state index contributed by atoms with van der Waals surface area (Å²) < 4.78 is 0. The van der Waals surface area contributed by atoms with Crippen molar-refractivity contribution in [3.05, 3.63) is 65.0 Å². The second-order valence-electron chi connectivity index (χ2n) is 4.28. The van der Waals surface area contributed by atoms with E-state index < -0.39 is 0 Å². The molecule has 2 heteroatoms. The van der Waals surface area contributed by atoms with E-state index in [1.807, 2.05) is 19.3 Å². The SMILES string of the molecule is CNC(c1ccccc1C)c1ncccc1C. The van der Waals surface area contributed by atoms with Crippen LogP contribution in [0.2, 0.25) is 0 Å². The summed E-state index contributed by atoms with van der Waals surface area (Å²) in [6.45, 7) is 4.24. The summed E-state index contributed by atoms with van der Waals surface area (Å²) in [5.74, 6) is 0. The van der Waals surface area contributed by atoms with E-state index in [4.69, 9.17) is 0 Å². The van der Waals surface area contributed by atoms with Gasteiger partial charge in [0.1, 0.15) is 0 Å².